The van der Waals surface area contributed by atoms with Gasteiger partial charge in [-0.3, -0.25) is 9.59 Å². The SMILES string of the molecule is Cc1ccccc1CC(=O)Nc1nnc([C@H]2CCC[C@H](c3nnc(NC(=O)Cc4ccccc4N)s3)C2)s1. The van der Waals surface area contributed by atoms with Crippen LogP contribution in [-0.2, 0) is 22.4 Å². The molecule has 0 aliphatic heterocycles. The molecule has 1 fully saturated rings. The van der Waals surface area contributed by atoms with E-state index in [1.807, 2.05) is 49.4 Å². The third kappa shape index (κ3) is 6.40. The number of rotatable bonds is 8. The first-order valence-electron chi connectivity index (χ1n) is 12.6. The molecule has 4 aromatic rings. The Morgan fingerprint density at radius 2 is 1.34 bits per heavy atom. The summed E-state index contributed by atoms with van der Waals surface area (Å²) < 4.78 is 0. The number of aryl methyl sites for hydroxylation is 1. The Hall–Kier alpha value is -3.70. The van der Waals surface area contributed by atoms with Gasteiger partial charge in [0, 0.05) is 17.5 Å². The number of para-hydroxylation sites is 1. The fourth-order valence-corrected chi connectivity index (χ4v) is 6.53. The molecular weight excluding hydrogens is 518 g/mol. The fourth-order valence-electron chi connectivity index (χ4n) is 4.72. The molecule has 1 aliphatic carbocycles. The molecule has 4 N–H and O–H groups in total. The summed E-state index contributed by atoms with van der Waals surface area (Å²) in [7, 11) is 0. The van der Waals surface area contributed by atoms with E-state index in [-0.39, 0.29) is 30.1 Å². The Labute approximate surface area is 228 Å². The Balaban J connectivity index is 1.16. The summed E-state index contributed by atoms with van der Waals surface area (Å²) in [5.74, 6) is 0.223. The molecule has 1 aliphatic rings. The van der Waals surface area contributed by atoms with E-state index in [1.165, 1.54) is 22.7 Å². The van der Waals surface area contributed by atoms with Crippen LogP contribution in [0.4, 0.5) is 16.0 Å². The van der Waals surface area contributed by atoms with E-state index in [0.29, 0.717) is 22.4 Å². The maximum atomic E-state index is 12.5. The average Bonchev–Trinajstić information content (AvgIpc) is 3.57. The third-order valence-corrected chi connectivity index (χ3v) is 8.77. The molecule has 0 radical (unpaired) electrons. The van der Waals surface area contributed by atoms with Crippen molar-refractivity contribution in [1.82, 2.24) is 20.4 Å². The minimum absolute atomic E-state index is 0.0955. The summed E-state index contributed by atoms with van der Waals surface area (Å²) in [5, 5.41) is 25.8. The van der Waals surface area contributed by atoms with Crippen LogP contribution in [0.25, 0.3) is 0 Å². The second-order valence-corrected chi connectivity index (χ2v) is 11.5. The van der Waals surface area contributed by atoms with Crippen molar-refractivity contribution in [3.63, 3.8) is 0 Å². The largest absolute Gasteiger partial charge is 0.398 e. The summed E-state index contributed by atoms with van der Waals surface area (Å²) >= 11 is 2.86. The molecule has 2 amide bonds. The van der Waals surface area contributed by atoms with E-state index in [1.54, 1.807) is 6.07 Å². The van der Waals surface area contributed by atoms with Crippen molar-refractivity contribution >= 4 is 50.4 Å². The molecule has 38 heavy (non-hydrogen) atoms. The van der Waals surface area contributed by atoms with Gasteiger partial charge in [0.25, 0.3) is 0 Å². The number of hydrogen-bond donors (Lipinski definition) is 3. The van der Waals surface area contributed by atoms with E-state index in [2.05, 4.69) is 31.0 Å². The first-order valence-corrected chi connectivity index (χ1v) is 14.2. The van der Waals surface area contributed by atoms with Crippen LogP contribution in [-0.4, -0.2) is 32.2 Å². The lowest BCUT2D eigenvalue weighted by molar-refractivity contribution is -0.116. The van der Waals surface area contributed by atoms with Gasteiger partial charge in [-0.2, -0.15) is 0 Å². The molecule has 9 nitrogen and oxygen atoms in total. The number of anilines is 3. The first kappa shape index (κ1) is 25.9. The number of carbonyl (C=O) groups excluding carboxylic acids is 2. The van der Waals surface area contributed by atoms with Crippen LogP contribution in [0.1, 0.15) is 64.2 Å². The van der Waals surface area contributed by atoms with E-state index < -0.39 is 0 Å². The van der Waals surface area contributed by atoms with Crippen molar-refractivity contribution in [2.45, 2.75) is 57.3 Å². The van der Waals surface area contributed by atoms with Crippen LogP contribution in [0.15, 0.2) is 48.5 Å². The van der Waals surface area contributed by atoms with Crippen LogP contribution in [0, 0.1) is 6.92 Å². The average molecular weight is 548 g/mol. The summed E-state index contributed by atoms with van der Waals surface area (Å²) in [4.78, 5) is 25.0. The molecule has 11 heteroatoms. The van der Waals surface area contributed by atoms with Gasteiger partial charge in [-0.25, -0.2) is 0 Å². The zero-order chi connectivity index (χ0) is 26.5. The minimum Gasteiger partial charge on any atom is -0.398 e. The minimum atomic E-state index is -0.169. The Kier molecular flexibility index (Phi) is 8.04. The Morgan fingerprint density at radius 1 is 0.816 bits per heavy atom. The number of nitrogen functional groups attached to an aromatic ring is 1. The molecule has 2 aromatic heterocycles. The lowest BCUT2D eigenvalue weighted by atomic mass is 9.82. The predicted molar refractivity (Wildman–Crippen MR) is 150 cm³/mol. The highest BCUT2D eigenvalue weighted by Gasteiger charge is 2.29. The van der Waals surface area contributed by atoms with Crippen molar-refractivity contribution in [2.24, 2.45) is 0 Å². The zero-order valence-electron chi connectivity index (χ0n) is 21.0. The van der Waals surface area contributed by atoms with Gasteiger partial charge in [0.05, 0.1) is 12.8 Å². The third-order valence-electron chi connectivity index (χ3n) is 6.77. The predicted octanol–water partition coefficient (Wildman–Crippen LogP) is 5.08. The molecule has 5 rings (SSSR count). The van der Waals surface area contributed by atoms with E-state index in [4.69, 9.17) is 5.73 Å². The lowest BCUT2D eigenvalue weighted by Crippen LogP contribution is -2.15. The van der Waals surface area contributed by atoms with E-state index >= 15 is 0 Å². The molecule has 0 saturated heterocycles. The highest BCUT2D eigenvalue weighted by molar-refractivity contribution is 7.15. The smallest absolute Gasteiger partial charge is 0.230 e. The standard InChI is InChI=1S/C27H29N7O2S2/c1-16-7-2-3-8-17(16)14-22(35)29-26-33-31-24(37-26)19-10-6-11-20(13-19)25-32-34-27(38-25)30-23(36)15-18-9-4-5-12-21(18)28/h2-5,7-9,12,19-20H,6,10-11,13-15,28H2,1H3,(H,29,33,35)(H,30,34,36)/t19-,20-/m0/s1. The fraction of sp³-hybridized carbons (Fsp3) is 0.333. The van der Waals surface area contributed by atoms with Crippen LogP contribution >= 0.6 is 22.7 Å². The number of amides is 2. The van der Waals surface area contributed by atoms with Crippen LogP contribution in [0.5, 0.6) is 0 Å². The molecule has 2 atom stereocenters. The van der Waals surface area contributed by atoms with Gasteiger partial charge in [0.15, 0.2) is 0 Å². The van der Waals surface area contributed by atoms with Gasteiger partial charge in [-0.1, -0.05) is 71.6 Å². The van der Waals surface area contributed by atoms with Crippen molar-refractivity contribution in [3.8, 4) is 0 Å². The normalized spacial score (nSPS) is 17.2. The second-order valence-electron chi connectivity index (χ2n) is 9.53. The topological polar surface area (TPSA) is 136 Å². The quantitative estimate of drug-likeness (QED) is 0.262. The summed E-state index contributed by atoms with van der Waals surface area (Å²) in [6.07, 6.45) is 4.45. The second kappa shape index (κ2) is 11.8. The lowest BCUT2D eigenvalue weighted by Gasteiger charge is -2.25. The van der Waals surface area contributed by atoms with E-state index in [9.17, 15) is 9.59 Å². The van der Waals surface area contributed by atoms with Gasteiger partial charge >= 0.3 is 0 Å². The van der Waals surface area contributed by atoms with Crippen LogP contribution in [0.3, 0.4) is 0 Å². The maximum absolute atomic E-state index is 12.5. The van der Waals surface area contributed by atoms with E-state index in [0.717, 1.165) is 52.4 Å². The molecule has 0 unspecified atom stereocenters. The maximum Gasteiger partial charge on any atom is 0.230 e. The number of hydrogen-bond acceptors (Lipinski definition) is 9. The van der Waals surface area contributed by atoms with Crippen molar-refractivity contribution < 1.29 is 9.59 Å². The number of nitrogens with one attached hydrogen (secondary N) is 2. The highest BCUT2D eigenvalue weighted by atomic mass is 32.1. The van der Waals surface area contributed by atoms with Crippen LogP contribution in [0.2, 0.25) is 0 Å². The van der Waals surface area contributed by atoms with Crippen molar-refractivity contribution in [1.29, 1.82) is 0 Å². The van der Waals surface area contributed by atoms with Gasteiger partial charge in [-0.05, 0) is 48.9 Å². The van der Waals surface area contributed by atoms with Gasteiger partial charge in [0.2, 0.25) is 22.1 Å². The monoisotopic (exact) mass is 547 g/mol. The highest BCUT2D eigenvalue weighted by Crippen LogP contribution is 2.43. The summed E-state index contributed by atoms with van der Waals surface area (Å²) in [5.41, 5.74) is 9.43. The molecule has 2 heterocycles. The molecule has 0 bridgehead atoms. The number of nitrogens with zero attached hydrogens (tertiary/aromatic N) is 4. The number of nitrogens with two attached hydrogens (primary N) is 1. The molecule has 0 spiro atoms. The number of carbonyl (C=O) groups is 2. The van der Waals surface area contributed by atoms with Gasteiger partial charge < -0.3 is 16.4 Å². The Bertz CT molecular complexity index is 1330. The zero-order valence-corrected chi connectivity index (χ0v) is 22.6. The van der Waals surface area contributed by atoms with Crippen LogP contribution < -0.4 is 16.4 Å². The number of benzene rings is 2. The summed E-state index contributed by atoms with van der Waals surface area (Å²) in [6, 6.07) is 15.2. The molecule has 196 valence electrons. The van der Waals surface area contributed by atoms with Crippen molar-refractivity contribution in [3.05, 3.63) is 75.2 Å². The molecule has 2 aromatic carbocycles. The molecular formula is C27H29N7O2S2. The summed E-state index contributed by atoms with van der Waals surface area (Å²) in [6.45, 7) is 2.00. The Morgan fingerprint density at radius 3 is 1.92 bits per heavy atom. The van der Waals surface area contributed by atoms with Crippen molar-refractivity contribution in [2.75, 3.05) is 16.4 Å². The first-order chi connectivity index (χ1) is 18.4. The molecule has 1 saturated carbocycles. The van der Waals surface area contributed by atoms with Gasteiger partial charge in [-0.15, -0.1) is 20.4 Å². The van der Waals surface area contributed by atoms with Gasteiger partial charge in [0.1, 0.15) is 10.0 Å². The number of aromatic nitrogens is 4.